The maximum atomic E-state index is 7.68. The monoisotopic (exact) mass is 231 g/mol. The number of nitrogens with zero attached hydrogens (tertiary/aromatic N) is 1. The first-order valence-corrected chi connectivity index (χ1v) is 6.31. The number of piperidine rings is 1. The lowest BCUT2D eigenvalue weighted by Gasteiger charge is -2.36. The summed E-state index contributed by atoms with van der Waals surface area (Å²) in [5, 5.41) is 7.68. The molecule has 0 amide bonds. The van der Waals surface area contributed by atoms with Crippen LogP contribution in [0.25, 0.3) is 0 Å². The Morgan fingerprint density at radius 1 is 1.41 bits per heavy atom. The Morgan fingerprint density at radius 3 is 2.82 bits per heavy atom. The molecule has 0 spiro atoms. The molecule has 1 atom stereocenters. The van der Waals surface area contributed by atoms with E-state index in [2.05, 4.69) is 24.8 Å². The summed E-state index contributed by atoms with van der Waals surface area (Å²) in [6.45, 7) is 5.42. The molecule has 0 saturated carbocycles. The van der Waals surface area contributed by atoms with E-state index in [0.717, 1.165) is 17.8 Å². The lowest BCUT2D eigenvalue weighted by Crippen LogP contribution is -2.38. The quantitative estimate of drug-likeness (QED) is 0.607. The molecule has 1 aliphatic heterocycles. The summed E-state index contributed by atoms with van der Waals surface area (Å²) in [7, 11) is 0. The van der Waals surface area contributed by atoms with Crippen LogP contribution < -0.4 is 10.6 Å². The number of anilines is 1. The van der Waals surface area contributed by atoms with Crippen LogP contribution in [-0.4, -0.2) is 18.4 Å². The second-order valence-corrected chi connectivity index (χ2v) is 4.97. The number of nitrogen functional groups attached to an aromatic ring is 1. The van der Waals surface area contributed by atoms with Gasteiger partial charge in [-0.05, 0) is 50.8 Å². The molecule has 92 valence electrons. The van der Waals surface area contributed by atoms with Gasteiger partial charge in [-0.3, -0.25) is 5.41 Å². The van der Waals surface area contributed by atoms with Crippen molar-refractivity contribution in [3.63, 3.8) is 0 Å². The van der Waals surface area contributed by atoms with Crippen molar-refractivity contribution in [2.75, 3.05) is 11.4 Å². The predicted octanol–water partition coefficient (Wildman–Crippen LogP) is 2.66. The van der Waals surface area contributed by atoms with Gasteiger partial charge in [0.2, 0.25) is 0 Å². The molecular weight excluding hydrogens is 210 g/mol. The number of amidine groups is 1. The first-order chi connectivity index (χ1) is 8.09. The summed E-state index contributed by atoms with van der Waals surface area (Å²) in [6.07, 6.45) is 3.76. The molecule has 1 aromatic rings. The summed E-state index contributed by atoms with van der Waals surface area (Å²) in [5.41, 5.74) is 8.89. The average molecular weight is 231 g/mol. The van der Waals surface area contributed by atoms with E-state index in [4.69, 9.17) is 11.1 Å². The summed E-state index contributed by atoms with van der Waals surface area (Å²) in [6, 6.07) is 6.69. The van der Waals surface area contributed by atoms with E-state index in [1.54, 1.807) is 0 Å². The molecular formula is C14H21N3. The van der Waals surface area contributed by atoms with E-state index >= 15 is 0 Å². The van der Waals surface area contributed by atoms with E-state index < -0.39 is 0 Å². The van der Waals surface area contributed by atoms with E-state index in [9.17, 15) is 0 Å². The molecule has 0 radical (unpaired) electrons. The predicted molar refractivity (Wildman–Crippen MR) is 72.9 cm³/mol. The van der Waals surface area contributed by atoms with Crippen LogP contribution in [0.5, 0.6) is 0 Å². The fourth-order valence-electron chi connectivity index (χ4n) is 2.56. The molecule has 1 saturated heterocycles. The van der Waals surface area contributed by atoms with Crippen LogP contribution in [0.4, 0.5) is 5.69 Å². The number of benzene rings is 1. The first-order valence-electron chi connectivity index (χ1n) is 6.31. The Hall–Kier alpha value is -1.51. The van der Waals surface area contributed by atoms with Crippen molar-refractivity contribution in [1.82, 2.24) is 0 Å². The van der Waals surface area contributed by atoms with Crippen molar-refractivity contribution in [2.24, 2.45) is 5.73 Å². The molecule has 17 heavy (non-hydrogen) atoms. The zero-order valence-corrected chi connectivity index (χ0v) is 10.7. The molecule has 1 unspecified atom stereocenters. The Morgan fingerprint density at radius 2 is 2.18 bits per heavy atom. The van der Waals surface area contributed by atoms with Gasteiger partial charge >= 0.3 is 0 Å². The molecule has 3 nitrogen and oxygen atoms in total. The molecule has 1 aromatic carbocycles. The van der Waals surface area contributed by atoms with Crippen LogP contribution in [0.15, 0.2) is 18.2 Å². The van der Waals surface area contributed by atoms with E-state index in [-0.39, 0.29) is 5.84 Å². The summed E-state index contributed by atoms with van der Waals surface area (Å²) in [5.74, 6) is 0.165. The topological polar surface area (TPSA) is 53.1 Å². The third-order valence-corrected chi connectivity index (χ3v) is 3.56. The van der Waals surface area contributed by atoms with E-state index in [1.807, 2.05) is 12.1 Å². The Kier molecular flexibility index (Phi) is 3.36. The maximum Gasteiger partial charge on any atom is 0.124 e. The number of rotatable bonds is 2. The van der Waals surface area contributed by atoms with Crippen LogP contribution >= 0.6 is 0 Å². The molecule has 0 aliphatic carbocycles. The van der Waals surface area contributed by atoms with Crippen LogP contribution in [0, 0.1) is 12.3 Å². The van der Waals surface area contributed by atoms with Gasteiger partial charge in [-0.2, -0.15) is 0 Å². The van der Waals surface area contributed by atoms with Gasteiger partial charge in [0.15, 0.2) is 0 Å². The minimum atomic E-state index is 0.165. The van der Waals surface area contributed by atoms with Gasteiger partial charge in [-0.25, -0.2) is 0 Å². The van der Waals surface area contributed by atoms with Gasteiger partial charge in [0.05, 0.1) is 0 Å². The van der Waals surface area contributed by atoms with Crippen molar-refractivity contribution in [1.29, 1.82) is 5.41 Å². The Labute approximate surface area is 103 Å². The van der Waals surface area contributed by atoms with Crippen LogP contribution in [0.3, 0.4) is 0 Å². The lowest BCUT2D eigenvalue weighted by atomic mass is 10.00. The van der Waals surface area contributed by atoms with Crippen LogP contribution in [-0.2, 0) is 0 Å². The number of hydrogen-bond donors (Lipinski definition) is 2. The summed E-state index contributed by atoms with van der Waals surface area (Å²) < 4.78 is 0. The van der Waals surface area contributed by atoms with Crippen molar-refractivity contribution in [3.05, 3.63) is 29.3 Å². The van der Waals surface area contributed by atoms with E-state index in [0.29, 0.717) is 6.04 Å². The van der Waals surface area contributed by atoms with Gasteiger partial charge in [-0.1, -0.05) is 6.07 Å². The maximum absolute atomic E-state index is 7.68. The summed E-state index contributed by atoms with van der Waals surface area (Å²) in [4.78, 5) is 2.40. The molecule has 0 bridgehead atoms. The largest absolute Gasteiger partial charge is 0.384 e. The number of nitrogens with two attached hydrogens (primary N) is 1. The average Bonchev–Trinajstić information content (AvgIpc) is 2.29. The van der Waals surface area contributed by atoms with Crippen molar-refractivity contribution in [2.45, 2.75) is 39.2 Å². The molecule has 0 aromatic heterocycles. The lowest BCUT2D eigenvalue weighted by molar-refractivity contribution is 0.484. The first kappa shape index (κ1) is 12.0. The zero-order valence-electron chi connectivity index (χ0n) is 10.7. The van der Waals surface area contributed by atoms with Crippen molar-refractivity contribution >= 4 is 11.5 Å². The van der Waals surface area contributed by atoms with Gasteiger partial charge in [0.25, 0.3) is 0 Å². The molecule has 1 aliphatic rings. The Bertz CT molecular complexity index is 425. The van der Waals surface area contributed by atoms with Crippen molar-refractivity contribution < 1.29 is 0 Å². The third kappa shape index (κ3) is 2.43. The van der Waals surface area contributed by atoms with Crippen LogP contribution in [0.1, 0.15) is 37.3 Å². The highest BCUT2D eigenvalue weighted by Gasteiger charge is 2.21. The molecule has 1 fully saturated rings. The SMILES string of the molecule is Cc1ccc(C(=N)N)c(N2CCCCC2C)c1. The number of hydrogen-bond acceptors (Lipinski definition) is 2. The minimum absolute atomic E-state index is 0.165. The highest BCUT2D eigenvalue weighted by Crippen LogP contribution is 2.28. The van der Waals surface area contributed by atoms with E-state index in [1.165, 1.54) is 24.8 Å². The second-order valence-electron chi connectivity index (χ2n) is 4.97. The summed E-state index contributed by atoms with van der Waals surface area (Å²) >= 11 is 0. The number of aryl methyl sites for hydroxylation is 1. The molecule has 3 N–H and O–H groups in total. The second kappa shape index (κ2) is 4.78. The van der Waals surface area contributed by atoms with Gasteiger partial charge in [-0.15, -0.1) is 0 Å². The minimum Gasteiger partial charge on any atom is -0.384 e. The zero-order chi connectivity index (χ0) is 12.4. The molecule has 2 rings (SSSR count). The van der Waals surface area contributed by atoms with Gasteiger partial charge in [0, 0.05) is 23.8 Å². The Balaban J connectivity index is 2.41. The normalized spacial score (nSPS) is 20.4. The fraction of sp³-hybridized carbons (Fsp3) is 0.500. The smallest absolute Gasteiger partial charge is 0.124 e. The highest BCUT2D eigenvalue weighted by atomic mass is 15.2. The number of nitrogens with one attached hydrogen (secondary N) is 1. The standard InChI is InChI=1S/C14H21N3/c1-10-6-7-12(14(15)16)13(9-10)17-8-4-3-5-11(17)2/h6-7,9,11H,3-5,8H2,1-2H3,(H3,15,16). The van der Waals surface area contributed by atoms with Gasteiger partial charge in [0.1, 0.15) is 5.84 Å². The van der Waals surface area contributed by atoms with Crippen LogP contribution in [0.2, 0.25) is 0 Å². The van der Waals surface area contributed by atoms with Crippen molar-refractivity contribution in [3.8, 4) is 0 Å². The molecule has 3 heteroatoms. The van der Waals surface area contributed by atoms with Gasteiger partial charge < -0.3 is 10.6 Å². The highest BCUT2D eigenvalue weighted by molar-refractivity contribution is 6.00. The molecule has 1 heterocycles. The fourth-order valence-corrected chi connectivity index (χ4v) is 2.56. The third-order valence-electron chi connectivity index (χ3n) is 3.56.